The third kappa shape index (κ3) is 3.79. The van der Waals surface area contributed by atoms with Crippen molar-refractivity contribution in [2.45, 2.75) is 33.6 Å². The van der Waals surface area contributed by atoms with Gasteiger partial charge in [0.2, 0.25) is 0 Å². The van der Waals surface area contributed by atoms with Crippen LogP contribution in [0.2, 0.25) is 0 Å². The number of carbonyl (C=O) groups is 1. The third-order valence-corrected chi connectivity index (χ3v) is 2.65. The van der Waals surface area contributed by atoms with Gasteiger partial charge in [-0.25, -0.2) is 13.6 Å². The van der Waals surface area contributed by atoms with Gasteiger partial charge in [-0.1, -0.05) is 19.9 Å². The number of halogens is 2. The fourth-order valence-corrected chi connectivity index (χ4v) is 1.57. The molecule has 100 valence electrons. The second-order valence-electron chi connectivity index (χ2n) is 4.73. The van der Waals surface area contributed by atoms with E-state index in [1.165, 1.54) is 13.0 Å². The summed E-state index contributed by atoms with van der Waals surface area (Å²) in [5.74, 6) is -2.15. The fraction of sp³-hybridized carbons (Fsp3) is 0.500. The van der Waals surface area contributed by atoms with Gasteiger partial charge in [0.25, 0.3) is 0 Å². The zero-order valence-electron chi connectivity index (χ0n) is 10.9. The van der Waals surface area contributed by atoms with Crippen LogP contribution in [0.1, 0.15) is 42.6 Å². The van der Waals surface area contributed by atoms with Crippen LogP contribution < -0.4 is 0 Å². The Morgan fingerprint density at radius 3 is 2.61 bits per heavy atom. The molecule has 1 aromatic carbocycles. The molecule has 0 saturated carbocycles. The van der Waals surface area contributed by atoms with E-state index in [1.807, 2.05) is 0 Å². The summed E-state index contributed by atoms with van der Waals surface area (Å²) in [6.45, 7) is 5.78. The second-order valence-corrected chi connectivity index (χ2v) is 4.73. The van der Waals surface area contributed by atoms with Crippen molar-refractivity contribution in [2.24, 2.45) is 5.92 Å². The van der Waals surface area contributed by atoms with Crippen LogP contribution >= 0.6 is 0 Å². The molecule has 0 aromatic heterocycles. The molecular weight excluding hydrogens is 238 g/mol. The standard InChI is InChI=1S/C14H18F2O2/c1-9(2)5-4-8-18-14(17)12-11(15)7-6-10(3)13(12)16/h6-7,9H,4-5,8H2,1-3H3. The largest absolute Gasteiger partial charge is 0.462 e. The molecule has 0 fully saturated rings. The van der Waals surface area contributed by atoms with E-state index in [0.717, 1.165) is 12.5 Å². The third-order valence-electron chi connectivity index (χ3n) is 2.65. The summed E-state index contributed by atoms with van der Waals surface area (Å²) in [5, 5.41) is 0. The van der Waals surface area contributed by atoms with Gasteiger partial charge in [0, 0.05) is 0 Å². The lowest BCUT2D eigenvalue weighted by Gasteiger charge is -2.08. The highest BCUT2D eigenvalue weighted by Crippen LogP contribution is 2.17. The summed E-state index contributed by atoms with van der Waals surface area (Å²) in [7, 11) is 0. The molecule has 4 heteroatoms. The molecule has 0 heterocycles. The van der Waals surface area contributed by atoms with Crippen LogP contribution in [0.15, 0.2) is 12.1 Å². The summed E-state index contributed by atoms with van der Waals surface area (Å²) < 4.78 is 31.9. The van der Waals surface area contributed by atoms with Crippen molar-refractivity contribution < 1.29 is 18.3 Å². The molecule has 1 aromatic rings. The molecule has 0 aliphatic heterocycles. The highest BCUT2D eigenvalue weighted by atomic mass is 19.1. The van der Waals surface area contributed by atoms with Gasteiger partial charge >= 0.3 is 5.97 Å². The Morgan fingerprint density at radius 1 is 1.33 bits per heavy atom. The zero-order valence-corrected chi connectivity index (χ0v) is 10.9. The topological polar surface area (TPSA) is 26.3 Å². The van der Waals surface area contributed by atoms with Gasteiger partial charge in [0.15, 0.2) is 0 Å². The van der Waals surface area contributed by atoms with Crippen LogP contribution in [0.5, 0.6) is 0 Å². The number of carbonyl (C=O) groups excluding carboxylic acids is 1. The van der Waals surface area contributed by atoms with Gasteiger partial charge in [0.1, 0.15) is 17.2 Å². The lowest BCUT2D eigenvalue weighted by Crippen LogP contribution is -2.12. The predicted octanol–water partition coefficient (Wildman–Crippen LogP) is 3.87. The van der Waals surface area contributed by atoms with Gasteiger partial charge in [-0.2, -0.15) is 0 Å². The van der Waals surface area contributed by atoms with E-state index in [0.29, 0.717) is 12.3 Å². The van der Waals surface area contributed by atoms with Gasteiger partial charge in [-0.15, -0.1) is 0 Å². The second kappa shape index (κ2) is 6.47. The Hall–Kier alpha value is -1.45. The van der Waals surface area contributed by atoms with E-state index >= 15 is 0 Å². The van der Waals surface area contributed by atoms with Gasteiger partial charge in [0.05, 0.1) is 6.61 Å². The number of ether oxygens (including phenoxy) is 1. The molecule has 0 aliphatic rings. The number of benzene rings is 1. The van der Waals surface area contributed by atoms with E-state index in [-0.39, 0.29) is 12.2 Å². The minimum atomic E-state index is -0.933. The number of hydrogen-bond donors (Lipinski definition) is 0. The Kier molecular flexibility index (Phi) is 5.25. The number of rotatable bonds is 5. The first kappa shape index (κ1) is 14.6. The highest BCUT2D eigenvalue weighted by Gasteiger charge is 2.20. The van der Waals surface area contributed by atoms with Crippen LogP contribution in [0.25, 0.3) is 0 Å². The van der Waals surface area contributed by atoms with Crippen molar-refractivity contribution in [3.63, 3.8) is 0 Å². The molecule has 0 amide bonds. The molecule has 0 saturated heterocycles. The van der Waals surface area contributed by atoms with E-state index in [4.69, 9.17) is 4.74 Å². The van der Waals surface area contributed by atoms with Gasteiger partial charge in [-0.3, -0.25) is 0 Å². The van der Waals surface area contributed by atoms with Crippen LogP contribution in [0.3, 0.4) is 0 Å². The van der Waals surface area contributed by atoms with Crippen LogP contribution in [0, 0.1) is 24.5 Å². The quantitative estimate of drug-likeness (QED) is 0.590. The molecule has 0 aliphatic carbocycles. The smallest absolute Gasteiger partial charge is 0.344 e. The maximum absolute atomic E-state index is 13.6. The highest BCUT2D eigenvalue weighted by molar-refractivity contribution is 5.90. The number of hydrogen-bond acceptors (Lipinski definition) is 2. The van der Waals surface area contributed by atoms with E-state index in [9.17, 15) is 13.6 Å². The van der Waals surface area contributed by atoms with Gasteiger partial charge < -0.3 is 4.74 Å². The summed E-state index contributed by atoms with van der Waals surface area (Å²) in [6.07, 6.45) is 1.60. The first-order chi connectivity index (χ1) is 8.43. The van der Waals surface area contributed by atoms with Crippen molar-refractivity contribution in [3.05, 3.63) is 34.9 Å². The Bertz CT molecular complexity index is 428. The number of esters is 1. The molecule has 2 nitrogen and oxygen atoms in total. The summed E-state index contributed by atoms with van der Waals surface area (Å²) in [4.78, 5) is 11.6. The molecule has 0 spiro atoms. The van der Waals surface area contributed by atoms with Crippen molar-refractivity contribution in [3.8, 4) is 0 Å². The first-order valence-corrected chi connectivity index (χ1v) is 6.05. The van der Waals surface area contributed by atoms with Crippen molar-refractivity contribution in [1.82, 2.24) is 0 Å². The molecule has 0 bridgehead atoms. The monoisotopic (exact) mass is 256 g/mol. The molecule has 0 N–H and O–H groups in total. The van der Waals surface area contributed by atoms with E-state index < -0.39 is 23.2 Å². The normalized spacial score (nSPS) is 10.8. The maximum Gasteiger partial charge on any atom is 0.344 e. The predicted molar refractivity (Wildman–Crippen MR) is 65.4 cm³/mol. The number of aryl methyl sites for hydroxylation is 1. The molecule has 0 radical (unpaired) electrons. The Balaban J connectivity index is 2.65. The van der Waals surface area contributed by atoms with Crippen molar-refractivity contribution in [1.29, 1.82) is 0 Å². The summed E-state index contributed by atoms with van der Waals surface area (Å²) >= 11 is 0. The van der Waals surface area contributed by atoms with Crippen molar-refractivity contribution >= 4 is 5.97 Å². The van der Waals surface area contributed by atoms with E-state index in [2.05, 4.69) is 13.8 Å². The first-order valence-electron chi connectivity index (χ1n) is 6.05. The van der Waals surface area contributed by atoms with Crippen LogP contribution in [0.4, 0.5) is 8.78 Å². The lowest BCUT2D eigenvalue weighted by molar-refractivity contribution is 0.0483. The Labute approximate surface area is 106 Å². The molecule has 18 heavy (non-hydrogen) atoms. The van der Waals surface area contributed by atoms with Crippen LogP contribution in [-0.2, 0) is 4.74 Å². The molecule has 0 atom stereocenters. The average Bonchev–Trinajstić information content (AvgIpc) is 2.30. The Morgan fingerprint density at radius 2 is 2.00 bits per heavy atom. The lowest BCUT2D eigenvalue weighted by atomic mass is 10.1. The minimum Gasteiger partial charge on any atom is -0.462 e. The summed E-state index contributed by atoms with van der Waals surface area (Å²) in [6, 6.07) is 2.36. The zero-order chi connectivity index (χ0) is 13.7. The SMILES string of the molecule is Cc1ccc(F)c(C(=O)OCCCC(C)C)c1F. The van der Waals surface area contributed by atoms with Crippen LogP contribution in [-0.4, -0.2) is 12.6 Å². The minimum absolute atomic E-state index is 0.184. The summed E-state index contributed by atoms with van der Waals surface area (Å²) in [5.41, 5.74) is -0.370. The average molecular weight is 256 g/mol. The molecule has 1 rings (SSSR count). The molecular formula is C14H18F2O2. The van der Waals surface area contributed by atoms with Crippen molar-refractivity contribution in [2.75, 3.05) is 6.61 Å². The maximum atomic E-state index is 13.6. The fourth-order valence-electron chi connectivity index (χ4n) is 1.57. The van der Waals surface area contributed by atoms with Gasteiger partial charge in [-0.05, 0) is 37.3 Å². The molecule has 0 unspecified atom stereocenters. The van der Waals surface area contributed by atoms with E-state index in [1.54, 1.807) is 0 Å².